The maximum atomic E-state index is 11.8. The molecule has 6 heteroatoms. The molecule has 0 atom stereocenters. The zero-order chi connectivity index (χ0) is 13.7. The lowest BCUT2D eigenvalue weighted by molar-refractivity contribution is -0.128. The fourth-order valence-electron chi connectivity index (χ4n) is 1.29. The minimum absolute atomic E-state index is 0.0604. The number of nitrogens with zero attached hydrogens (tertiary/aromatic N) is 1. The van der Waals surface area contributed by atoms with Crippen LogP contribution in [0.1, 0.15) is 17.3 Å². The highest BCUT2D eigenvalue weighted by molar-refractivity contribution is 6.31. The first-order chi connectivity index (χ1) is 8.45. The lowest BCUT2D eigenvalue weighted by Crippen LogP contribution is -2.38. The first kappa shape index (κ1) is 14.3. The van der Waals surface area contributed by atoms with Gasteiger partial charge in [-0.3, -0.25) is 9.59 Å². The van der Waals surface area contributed by atoms with Crippen LogP contribution in [0.25, 0.3) is 0 Å². The van der Waals surface area contributed by atoms with Crippen LogP contribution in [0.4, 0.5) is 5.69 Å². The van der Waals surface area contributed by atoms with Crippen molar-refractivity contribution in [3.63, 3.8) is 0 Å². The lowest BCUT2D eigenvalue weighted by Gasteiger charge is -2.15. The standard InChI is InChI=1S/C12H16ClN3O2/c1-3-16(2)11(17)7-15-12(18)9-6-8(13)4-5-10(9)14/h4-6H,3,7,14H2,1-2H3,(H,15,18). The number of halogens is 1. The maximum absolute atomic E-state index is 11.8. The molecule has 0 aliphatic rings. The molecule has 1 aromatic rings. The highest BCUT2D eigenvalue weighted by atomic mass is 35.5. The number of amides is 2. The Hall–Kier alpha value is -1.75. The van der Waals surface area contributed by atoms with Crippen molar-refractivity contribution in [2.75, 3.05) is 25.9 Å². The number of likely N-dealkylation sites (N-methyl/N-ethyl adjacent to an activating group) is 1. The van der Waals surface area contributed by atoms with E-state index >= 15 is 0 Å². The van der Waals surface area contributed by atoms with Gasteiger partial charge in [-0.25, -0.2) is 0 Å². The van der Waals surface area contributed by atoms with Gasteiger partial charge in [0, 0.05) is 24.3 Å². The van der Waals surface area contributed by atoms with Crippen LogP contribution in [-0.4, -0.2) is 36.9 Å². The van der Waals surface area contributed by atoms with Crippen molar-refractivity contribution in [1.82, 2.24) is 10.2 Å². The molecule has 0 aliphatic heterocycles. The number of anilines is 1. The lowest BCUT2D eigenvalue weighted by atomic mass is 10.1. The van der Waals surface area contributed by atoms with Crippen LogP contribution >= 0.6 is 11.6 Å². The molecule has 0 bridgehead atoms. The molecule has 0 spiro atoms. The molecule has 0 aliphatic carbocycles. The first-order valence-electron chi connectivity index (χ1n) is 5.53. The normalized spacial score (nSPS) is 9.94. The van der Waals surface area contributed by atoms with Crippen LogP contribution in [0.5, 0.6) is 0 Å². The average molecular weight is 270 g/mol. The summed E-state index contributed by atoms with van der Waals surface area (Å²) in [5.74, 6) is -0.570. The van der Waals surface area contributed by atoms with E-state index in [1.54, 1.807) is 19.2 Å². The predicted octanol–water partition coefficient (Wildman–Crippen LogP) is 1.13. The van der Waals surface area contributed by atoms with E-state index in [1.807, 2.05) is 6.92 Å². The molecule has 0 saturated carbocycles. The van der Waals surface area contributed by atoms with E-state index in [0.29, 0.717) is 17.3 Å². The average Bonchev–Trinajstić information content (AvgIpc) is 2.37. The van der Waals surface area contributed by atoms with Gasteiger partial charge < -0.3 is 16.0 Å². The van der Waals surface area contributed by atoms with E-state index in [0.717, 1.165) is 0 Å². The van der Waals surface area contributed by atoms with Gasteiger partial charge in [0.2, 0.25) is 5.91 Å². The summed E-state index contributed by atoms with van der Waals surface area (Å²) in [7, 11) is 1.67. The number of nitrogens with one attached hydrogen (secondary N) is 1. The zero-order valence-corrected chi connectivity index (χ0v) is 11.1. The second kappa shape index (κ2) is 6.26. The Morgan fingerprint density at radius 3 is 2.72 bits per heavy atom. The molecule has 0 heterocycles. The Morgan fingerprint density at radius 1 is 1.44 bits per heavy atom. The van der Waals surface area contributed by atoms with E-state index in [4.69, 9.17) is 17.3 Å². The monoisotopic (exact) mass is 269 g/mol. The van der Waals surface area contributed by atoms with Crippen molar-refractivity contribution in [3.8, 4) is 0 Å². The van der Waals surface area contributed by atoms with Crippen LogP contribution in [0.15, 0.2) is 18.2 Å². The highest BCUT2D eigenvalue weighted by Crippen LogP contribution is 2.17. The molecule has 0 saturated heterocycles. The van der Waals surface area contributed by atoms with Crippen molar-refractivity contribution >= 4 is 29.1 Å². The van der Waals surface area contributed by atoms with Crippen LogP contribution in [0, 0.1) is 0 Å². The van der Waals surface area contributed by atoms with Crippen molar-refractivity contribution in [2.24, 2.45) is 0 Å². The minimum Gasteiger partial charge on any atom is -0.398 e. The number of benzene rings is 1. The smallest absolute Gasteiger partial charge is 0.253 e. The summed E-state index contributed by atoms with van der Waals surface area (Å²) in [6.07, 6.45) is 0. The fourth-order valence-corrected chi connectivity index (χ4v) is 1.46. The number of carbonyl (C=O) groups is 2. The topological polar surface area (TPSA) is 75.4 Å². The van der Waals surface area contributed by atoms with Gasteiger partial charge in [0.1, 0.15) is 0 Å². The largest absolute Gasteiger partial charge is 0.398 e. The Labute approximate surface area is 111 Å². The van der Waals surface area contributed by atoms with E-state index in [2.05, 4.69) is 5.32 Å². The first-order valence-corrected chi connectivity index (χ1v) is 5.90. The van der Waals surface area contributed by atoms with E-state index < -0.39 is 5.91 Å². The minimum atomic E-state index is -0.409. The third-order valence-corrected chi connectivity index (χ3v) is 2.80. The molecule has 18 heavy (non-hydrogen) atoms. The summed E-state index contributed by atoms with van der Waals surface area (Å²) >= 11 is 5.79. The summed E-state index contributed by atoms with van der Waals surface area (Å²) < 4.78 is 0. The van der Waals surface area contributed by atoms with Crippen LogP contribution < -0.4 is 11.1 Å². The molecule has 2 amide bonds. The SMILES string of the molecule is CCN(C)C(=O)CNC(=O)c1cc(Cl)ccc1N. The number of nitrogens with two attached hydrogens (primary N) is 1. The third kappa shape index (κ3) is 3.63. The van der Waals surface area contributed by atoms with Gasteiger partial charge in [-0.2, -0.15) is 0 Å². The molecule has 98 valence electrons. The highest BCUT2D eigenvalue weighted by Gasteiger charge is 2.13. The van der Waals surface area contributed by atoms with E-state index in [1.165, 1.54) is 11.0 Å². The van der Waals surface area contributed by atoms with Gasteiger partial charge in [0.15, 0.2) is 0 Å². The Morgan fingerprint density at radius 2 is 2.11 bits per heavy atom. The van der Waals surface area contributed by atoms with E-state index in [-0.39, 0.29) is 18.0 Å². The predicted molar refractivity (Wildman–Crippen MR) is 71.5 cm³/mol. The van der Waals surface area contributed by atoms with Crippen molar-refractivity contribution in [2.45, 2.75) is 6.92 Å². The number of rotatable bonds is 4. The molecule has 3 N–H and O–H groups in total. The molecule has 0 aromatic heterocycles. The van der Waals surface area contributed by atoms with Crippen LogP contribution in [0.3, 0.4) is 0 Å². The molecular formula is C12H16ClN3O2. The zero-order valence-electron chi connectivity index (χ0n) is 10.4. The van der Waals surface area contributed by atoms with E-state index in [9.17, 15) is 9.59 Å². The summed E-state index contributed by atoms with van der Waals surface area (Å²) in [5, 5.41) is 2.94. The number of hydrogen-bond donors (Lipinski definition) is 2. The second-order valence-corrected chi connectivity index (χ2v) is 4.26. The molecule has 0 unspecified atom stereocenters. The number of nitrogen functional groups attached to an aromatic ring is 1. The molecule has 1 rings (SSSR count). The summed E-state index contributed by atoms with van der Waals surface area (Å²) in [5.41, 5.74) is 6.27. The van der Waals surface area contributed by atoms with Crippen molar-refractivity contribution in [3.05, 3.63) is 28.8 Å². The van der Waals surface area contributed by atoms with Gasteiger partial charge in [-0.1, -0.05) is 11.6 Å². The van der Waals surface area contributed by atoms with Gasteiger partial charge in [-0.05, 0) is 25.1 Å². The summed E-state index contributed by atoms with van der Waals surface area (Å²) in [4.78, 5) is 24.8. The molecule has 0 radical (unpaired) electrons. The van der Waals surface area contributed by atoms with Crippen LogP contribution in [-0.2, 0) is 4.79 Å². The van der Waals surface area contributed by atoms with Crippen molar-refractivity contribution in [1.29, 1.82) is 0 Å². The molecular weight excluding hydrogens is 254 g/mol. The summed E-state index contributed by atoms with van der Waals surface area (Å²) in [6.45, 7) is 2.39. The van der Waals surface area contributed by atoms with Gasteiger partial charge in [0.25, 0.3) is 5.91 Å². The Balaban J connectivity index is 2.66. The van der Waals surface area contributed by atoms with Gasteiger partial charge in [-0.15, -0.1) is 0 Å². The number of hydrogen-bond acceptors (Lipinski definition) is 3. The Kier molecular flexibility index (Phi) is 4.97. The quantitative estimate of drug-likeness (QED) is 0.805. The van der Waals surface area contributed by atoms with Gasteiger partial charge >= 0.3 is 0 Å². The Bertz CT molecular complexity index is 463. The number of carbonyl (C=O) groups excluding carboxylic acids is 2. The fraction of sp³-hybridized carbons (Fsp3) is 0.333. The summed E-state index contributed by atoms with van der Waals surface area (Å²) in [6, 6.07) is 4.63. The molecule has 1 aromatic carbocycles. The molecule has 0 fully saturated rings. The van der Waals surface area contributed by atoms with Gasteiger partial charge in [0.05, 0.1) is 12.1 Å². The van der Waals surface area contributed by atoms with Crippen molar-refractivity contribution < 1.29 is 9.59 Å². The maximum Gasteiger partial charge on any atom is 0.253 e. The van der Waals surface area contributed by atoms with Crippen LogP contribution in [0.2, 0.25) is 5.02 Å². The molecule has 5 nitrogen and oxygen atoms in total. The third-order valence-electron chi connectivity index (χ3n) is 2.56. The second-order valence-electron chi connectivity index (χ2n) is 3.82.